The van der Waals surface area contributed by atoms with Gasteiger partial charge in [0.05, 0.1) is 13.2 Å². The van der Waals surface area contributed by atoms with Gasteiger partial charge in [0.1, 0.15) is 0 Å². The topological polar surface area (TPSA) is 76.2 Å². The second-order valence-electron chi connectivity index (χ2n) is 20.3. The summed E-state index contributed by atoms with van der Waals surface area (Å²) in [6.45, 7) is 16.5. The molecule has 0 bridgehead atoms. The van der Waals surface area contributed by atoms with E-state index in [0.717, 1.165) is 103 Å². The van der Waals surface area contributed by atoms with Gasteiger partial charge in [-0.05, 0) is 103 Å². The van der Waals surface area contributed by atoms with E-state index in [-0.39, 0.29) is 17.9 Å². The molecule has 0 aliphatic carbocycles. The molecule has 0 aromatic carbocycles. The van der Waals surface area contributed by atoms with Gasteiger partial charge in [0.2, 0.25) is 5.91 Å². The summed E-state index contributed by atoms with van der Waals surface area (Å²) in [5, 5.41) is 0. The molecule has 0 aliphatic heterocycles. The zero-order chi connectivity index (χ0) is 47.3. The Bertz CT molecular complexity index is 979. The number of unbranched alkanes of at least 4 members (excludes halogenated alkanes) is 20. The zero-order valence-corrected chi connectivity index (χ0v) is 44.4. The molecule has 0 saturated carbocycles. The molecule has 7 heteroatoms. The van der Waals surface area contributed by atoms with Crippen LogP contribution in [0.1, 0.15) is 286 Å². The minimum Gasteiger partial charge on any atom is -0.465 e. The van der Waals surface area contributed by atoms with Crippen LogP contribution in [0.25, 0.3) is 0 Å². The summed E-state index contributed by atoms with van der Waals surface area (Å²) in [7, 11) is 4.27. The summed E-state index contributed by atoms with van der Waals surface area (Å²) in [6, 6.07) is 0.306. The first-order chi connectivity index (χ1) is 31.2. The number of carbonyl (C=O) groups excluding carboxylic acids is 3. The largest absolute Gasteiger partial charge is 0.465 e. The Labute approximate surface area is 399 Å². The molecule has 380 valence electrons. The summed E-state index contributed by atoms with van der Waals surface area (Å²) in [6.07, 6.45) is 42.9. The first-order valence-corrected chi connectivity index (χ1v) is 28.4. The van der Waals surface area contributed by atoms with Gasteiger partial charge in [-0.25, -0.2) is 0 Å². The number of rotatable bonds is 49. The minimum absolute atomic E-state index is 0.00781. The van der Waals surface area contributed by atoms with Gasteiger partial charge in [-0.3, -0.25) is 14.4 Å². The normalized spacial score (nSPS) is 13.5. The average molecular weight is 906 g/mol. The molecule has 0 spiro atoms. The molecule has 0 N–H and O–H groups in total. The van der Waals surface area contributed by atoms with E-state index in [1.165, 1.54) is 141 Å². The predicted molar refractivity (Wildman–Crippen MR) is 276 cm³/mol. The number of carbonyl (C=O) groups is 3. The molecule has 0 radical (unpaired) electrons. The molecule has 0 fully saturated rings. The van der Waals surface area contributed by atoms with Gasteiger partial charge in [0, 0.05) is 31.3 Å². The lowest BCUT2D eigenvalue weighted by molar-refractivity contribution is -0.146. The third-order valence-electron chi connectivity index (χ3n) is 13.9. The van der Waals surface area contributed by atoms with E-state index in [0.29, 0.717) is 49.8 Å². The second kappa shape index (κ2) is 46.5. The van der Waals surface area contributed by atoms with Crippen LogP contribution in [0.5, 0.6) is 0 Å². The van der Waals surface area contributed by atoms with Gasteiger partial charge in [-0.15, -0.1) is 0 Å². The molecule has 0 aromatic rings. The van der Waals surface area contributed by atoms with Crippen LogP contribution in [-0.2, 0) is 23.9 Å². The van der Waals surface area contributed by atoms with E-state index in [2.05, 4.69) is 65.4 Å². The van der Waals surface area contributed by atoms with E-state index in [1.54, 1.807) is 0 Å². The van der Waals surface area contributed by atoms with E-state index >= 15 is 0 Å². The van der Waals surface area contributed by atoms with Crippen molar-refractivity contribution in [2.75, 3.05) is 40.4 Å². The van der Waals surface area contributed by atoms with Crippen LogP contribution in [0.2, 0.25) is 0 Å². The Morgan fingerprint density at radius 1 is 0.391 bits per heavy atom. The second-order valence-corrected chi connectivity index (χ2v) is 20.3. The zero-order valence-electron chi connectivity index (χ0n) is 44.4. The van der Waals surface area contributed by atoms with Gasteiger partial charge in [-0.2, -0.15) is 0 Å². The third-order valence-corrected chi connectivity index (χ3v) is 13.9. The van der Waals surface area contributed by atoms with Gasteiger partial charge in [0.15, 0.2) is 0 Å². The highest BCUT2D eigenvalue weighted by Gasteiger charge is 2.28. The van der Waals surface area contributed by atoms with Gasteiger partial charge in [-0.1, -0.05) is 202 Å². The van der Waals surface area contributed by atoms with Gasteiger partial charge < -0.3 is 19.3 Å². The lowest BCUT2D eigenvalue weighted by Gasteiger charge is -2.35. The number of esters is 2. The Kier molecular flexibility index (Phi) is 45.3. The quantitative estimate of drug-likeness (QED) is 0.0447. The summed E-state index contributed by atoms with van der Waals surface area (Å²) >= 11 is 0. The molecule has 64 heavy (non-hydrogen) atoms. The molecule has 0 rings (SSSR count). The summed E-state index contributed by atoms with van der Waals surface area (Å²) in [4.78, 5) is 44.2. The van der Waals surface area contributed by atoms with E-state index in [4.69, 9.17) is 9.47 Å². The van der Waals surface area contributed by atoms with Crippen molar-refractivity contribution in [1.29, 1.82) is 0 Å². The lowest BCUT2D eigenvalue weighted by Crippen LogP contribution is -2.45. The standard InChI is InChI=1S/C57H112N2O5/c1-9-15-20-31-40-51(38-18-12-4)49-63-55(60)45-35-28-24-22-26-33-43-54(59(48-37-47-58(7)8)57(62)53(14-6)42-30-17-11-3)44-34-27-23-25-29-36-46-56(61)64-50-52(39-19-13-5)41-32-21-16-10-2/h51-54H,9-50H2,1-8H3. The first kappa shape index (κ1) is 62.4. The van der Waals surface area contributed by atoms with Crippen LogP contribution in [0.15, 0.2) is 0 Å². The highest BCUT2D eigenvalue weighted by atomic mass is 16.5. The number of hydrogen-bond donors (Lipinski definition) is 0. The molecule has 0 aromatic heterocycles. The van der Waals surface area contributed by atoms with Crippen molar-refractivity contribution >= 4 is 17.8 Å². The van der Waals surface area contributed by atoms with Crippen molar-refractivity contribution in [2.24, 2.45) is 17.8 Å². The minimum atomic E-state index is -0.00781. The van der Waals surface area contributed by atoms with Gasteiger partial charge >= 0.3 is 11.9 Å². The molecule has 1 amide bonds. The first-order valence-electron chi connectivity index (χ1n) is 28.4. The number of hydrogen-bond acceptors (Lipinski definition) is 6. The van der Waals surface area contributed by atoms with Crippen LogP contribution in [0.3, 0.4) is 0 Å². The fourth-order valence-electron chi connectivity index (χ4n) is 9.47. The van der Waals surface area contributed by atoms with E-state index in [9.17, 15) is 14.4 Å². The Balaban J connectivity index is 5.06. The maximum atomic E-state index is 14.3. The lowest BCUT2D eigenvalue weighted by atomic mass is 9.93. The maximum Gasteiger partial charge on any atom is 0.305 e. The van der Waals surface area contributed by atoms with Crippen molar-refractivity contribution in [3.63, 3.8) is 0 Å². The average Bonchev–Trinajstić information content (AvgIpc) is 3.28. The van der Waals surface area contributed by atoms with Crippen LogP contribution >= 0.6 is 0 Å². The Hall–Kier alpha value is -1.63. The molecule has 0 aliphatic rings. The number of amides is 1. The number of nitrogens with zero attached hydrogens (tertiary/aromatic N) is 2. The van der Waals surface area contributed by atoms with Crippen molar-refractivity contribution in [2.45, 2.75) is 292 Å². The van der Waals surface area contributed by atoms with Crippen LogP contribution in [0.4, 0.5) is 0 Å². The molecule has 3 unspecified atom stereocenters. The smallest absolute Gasteiger partial charge is 0.305 e. The SMILES string of the molecule is CCCCCCC(CCCC)COC(=O)CCCCCCCCC(CCCCCCCCC(=O)OCC(CCCC)CCCCCC)N(CCCN(C)C)C(=O)C(CC)CCCCC. The fourth-order valence-corrected chi connectivity index (χ4v) is 9.47. The fraction of sp³-hybridized carbons (Fsp3) is 0.947. The molecular formula is C57H112N2O5. The summed E-state index contributed by atoms with van der Waals surface area (Å²) in [5.74, 6) is 1.57. The van der Waals surface area contributed by atoms with E-state index < -0.39 is 0 Å². The summed E-state index contributed by atoms with van der Waals surface area (Å²) in [5.41, 5.74) is 0. The van der Waals surface area contributed by atoms with Crippen LogP contribution < -0.4 is 0 Å². The maximum absolute atomic E-state index is 14.3. The predicted octanol–water partition coefficient (Wildman–Crippen LogP) is 16.6. The number of ether oxygens (including phenoxy) is 2. The van der Waals surface area contributed by atoms with E-state index in [1.807, 2.05) is 0 Å². The highest BCUT2D eigenvalue weighted by molar-refractivity contribution is 5.79. The van der Waals surface area contributed by atoms with Gasteiger partial charge in [0.25, 0.3) is 0 Å². The highest BCUT2D eigenvalue weighted by Crippen LogP contribution is 2.25. The molecular weight excluding hydrogens is 793 g/mol. The summed E-state index contributed by atoms with van der Waals surface area (Å²) < 4.78 is 11.6. The Morgan fingerprint density at radius 2 is 0.750 bits per heavy atom. The van der Waals surface area contributed by atoms with Crippen LogP contribution in [-0.4, -0.2) is 74.1 Å². The molecule has 0 saturated heterocycles. The molecule has 0 heterocycles. The van der Waals surface area contributed by atoms with Crippen molar-refractivity contribution in [3.05, 3.63) is 0 Å². The van der Waals surface area contributed by atoms with Crippen molar-refractivity contribution in [1.82, 2.24) is 9.80 Å². The molecule has 3 atom stereocenters. The monoisotopic (exact) mass is 905 g/mol. The van der Waals surface area contributed by atoms with Crippen molar-refractivity contribution in [3.8, 4) is 0 Å². The third kappa shape index (κ3) is 37.5. The molecule has 7 nitrogen and oxygen atoms in total. The Morgan fingerprint density at radius 3 is 1.17 bits per heavy atom. The van der Waals surface area contributed by atoms with Crippen LogP contribution in [0, 0.1) is 17.8 Å². The van der Waals surface area contributed by atoms with Crippen molar-refractivity contribution < 1.29 is 23.9 Å².